The van der Waals surface area contributed by atoms with Gasteiger partial charge in [-0.15, -0.1) is 0 Å². The van der Waals surface area contributed by atoms with Gasteiger partial charge in [0.25, 0.3) is 5.91 Å². The van der Waals surface area contributed by atoms with Crippen molar-refractivity contribution in [3.05, 3.63) is 62.2 Å². The van der Waals surface area contributed by atoms with Crippen molar-refractivity contribution in [1.82, 2.24) is 0 Å². The van der Waals surface area contributed by atoms with Crippen molar-refractivity contribution in [2.24, 2.45) is 0 Å². The highest BCUT2D eigenvalue weighted by Gasteiger charge is 2.14. The average molecular weight is 430 g/mol. The molecule has 2 aromatic carbocycles. The van der Waals surface area contributed by atoms with Crippen molar-refractivity contribution in [3.63, 3.8) is 0 Å². The molecule has 0 spiro atoms. The number of halogens is 2. The van der Waals surface area contributed by atoms with E-state index in [0.29, 0.717) is 16.3 Å². The maximum Gasteiger partial charge on any atom is 0.339 e. The fourth-order valence-corrected chi connectivity index (χ4v) is 2.68. The Bertz CT molecular complexity index is 698. The molecule has 0 aliphatic heterocycles. The molecule has 0 atom stereocenters. The Labute approximate surface area is 146 Å². The van der Waals surface area contributed by atoms with Gasteiger partial charge in [0.1, 0.15) is 0 Å². The molecule has 0 radical (unpaired) electrons. The zero-order valence-electron chi connectivity index (χ0n) is 11.7. The third-order valence-corrected chi connectivity index (χ3v) is 4.17. The first-order chi connectivity index (χ1) is 10.5. The lowest BCUT2D eigenvalue weighted by atomic mass is 10.2. The number of nitrogens with one attached hydrogen (secondary N) is 1. The van der Waals surface area contributed by atoms with Crippen LogP contribution >= 0.6 is 34.2 Å². The van der Waals surface area contributed by atoms with Crippen LogP contribution in [0, 0.1) is 10.5 Å². The summed E-state index contributed by atoms with van der Waals surface area (Å²) in [5, 5.41) is 3.09. The minimum atomic E-state index is -0.531. The van der Waals surface area contributed by atoms with Gasteiger partial charge in [-0.2, -0.15) is 0 Å². The molecule has 0 saturated carbocycles. The molecule has 2 rings (SSSR count). The molecule has 0 fully saturated rings. The lowest BCUT2D eigenvalue weighted by Gasteiger charge is -2.10. The van der Waals surface area contributed by atoms with Gasteiger partial charge >= 0.3 is 5.97 Å². The van der Waals surface area contributed by atoms with Gasteiger partial charge in [-0.3, -0.25) is 4.79 Å². The summed E-state index contributed by atoms with van der Waals surface area (Å²) in [5.41, 5.74) is 1.80. The molecule has 0 unspecified atom stereocenters. The Balaban J connectivity index is 1.96. The summed E-state index contributed by atoms with van der Waals surface area (Å²) < 4.78 is 5.79. The zero-order chi connectivity index (χ0) is 16.1. The number of hydrogen-bond donors (Lipinski definition) is 1. The Morgan fingerprint density at radius 1 is 1.18 bits per heavy atom. The molecule has 0 aliphatic carbocycles. The zero-order valence-corrected chi connectivity index (χ0v) is 14.6. The smallest absolute Gasteiger partial charge is 0.339 e. The number of esters is 1. The molecular formula is C16H13ClINO3. The lowest BCUT2D eigenvalue weighted by Crippen LogP contribution is -2.21. The second-order valence-electron chi connectivity index (χ2n) is 4.54. The van der Waals surface area contributed by atoms with Crippen LogP contribution in [0.5, 0.6) is 0 Å². The van der Waals surface area contributed by atoms with Crippen molar-refractivity contribution < 1.29 is 14.3 Å². The number of para-hydroxylation sites is 1. The standard InChI is InChI=1S/C16H13ClINO3/c1-10-5-4-7-12(17)15(10)19-14(20)9-22-16(21)11-6-2-3-8-13(11)18/h2-8H,9H2,1H3,(H,19,20). The van der Waals surface area contributed by atoms with E-state index in [-0.39, 0.29) is 6.61 Å². The molecule has 0 bridgehead atoms. The summed E-state index contributed by atoms with van der Waals surface area (Å²) >= 11 is 8.07. The number of benzene rings is 2. The van der Waals surface area contributed by atoms with E-state index in [4.69, 9.17) is 16.3 Å². The first kappa shape index (κ1) is 16.8. The summed E-state index contributed by atoms with van der Waals surface area (Å²) in [6.07, 6.45) is 0. The molecule has 0 aromatic heterocycles. The van der Waals surface area contributed by atoms with Gasteiger partial charge < -0.3 is 10.1 Å². The van der Waals surface area contributed by atoms with Crippen LogP contribution in [0.3, 0.4) is 0 Å². The maximum absolute atomic E-state index is 11.9. The molecule has 6 heteroatoms. The fourth-order valence-electron chi connectivity index (χ4n) is 1.80. The average Bonchev–Trinajstić information content (AvgIpc) is 2.49. The van der Waals surface area contributed by atoms with E-state index in [1.807, 2.05) is 41.6 Å². The molecule has 0 saturated heterocycles. The van der Waals surface area contributed by atoms with Crippen LogP contribution in [0.2, 0.25) is 5.02 Å². The minimum Gasteiger partial charge on any atom is -0.452 e. The molecule has 0 heterocycles. The number of hydrogen-bond acceptors (Lipinski definition) is 3. The number of ether oxygens (including phenoxy) is 1. The molecule has 4 nitrogen and oxygen atoms in total. The fraction of sp³-hybridized carbons (Fsp3) is 0.125. The number of carbonyl (C=O) groups is 2. The first-order valence-corrected chi connectivity index (χ1v) is 7.91. The van der Waals surface area contributed by atoms with Crippen molar-refractivity contribution >= 4 is 51.8 Å². The van der Waals surface area contributed by atoms with Gasteiger partial charge in [-0.1, -0.05) is 35.9 Å². The minimum absolute atomic E-state index is 0.367. The van der Waals surface area contributed by atoms with Crippen LogP contribution in [0.15, 0.2) is 42.5 Å². The van der Waals surface area contributed by atoms with Crippen molar-refractivity contribution in [3.8, 4) is 0 Å². The lowest BCUT2D eigenvalue weighted by molar-refractivity contribution is -0.119. The normalized spacial score (nSPS) is 10.1. The van der Waals surface area contributed by atoms with E-state index < -0.39 is 11.9 Å². The number of anilines is 1. The van der Waals surface area contributed by atoms with Crippen LogP contribution in [-0.2, 0) is 9.53 Å². The van der Waals surface area contributed by atoms with E-state index in [0.717, 1.165) is 9.13 Å². The van der Waals surface area contributed by atoms with Crippen LogP contribution in [-0.4, -0.2) is 18.5 Å². The highest BCUT2D eigenvalue weighted by atomic mass is 127. The summed E-state index contributed by atoms with van der Waals surface area (Å²) in [4.78, 5) is 23.8. The second-order valence-corrected chi connectivity index (χ2v) is 6.11. The van der Waals surface area contributed by atoms with Crippen molar-refractivity contribution in [2.75, 3.05) is 11.9 Å². The van der Waals surface area contributed by atoms with Crippen LogP contribution in [0.25, 0.3) is 0 Å². The summed E-state index contributed by atoms with van der Waals surface area (Å²) in [7, 11) is 0. The van der Waals surface area contributed by atoms with Crippen molar-refractivity contribution in [2.45, 2.75) is 6.92 Å². The summed E-state index contributed by atoms with van der Waals surface area (Å²) in [5.74, 6) is -0.966. The SMILES string of the molecule is Cc1cccc(Cl)c1NC(=O)COC(=O)c1ccccc1I. The van der Waals surface area contributed by atoms with Gasteiger partial charge in [0.15, 0.2) is 6.61 Å². The highest BCUT2D eigenvalue weighted by Crippen LogP contribution is 2.25. The quantitative estimate of drug-likeness (QED) is 0.589. The van der Waals surface area contributed by atoms with Gasteiger partial charge in [0.05, 0.1) is 16.3 Å². The molecular weight excluding hydrogens is 417 g/mol. The van der Waals surface area contributed by atoms with Crippen LogP contribution < -0.4 is 5.32 Å². The molecule has 1 N–H and O–H groups in total. The Kier molecular flexibility index (Phi) is 5.79. The predicted octanol–water partition coefficient (Wildman–Crippen LogP) is 4.05. The third kappa shape index (κ3) is 4.20. The highest BCUT2D eigenvalue weighted by molar-refractivity contribution is 14.1. The second kappa shape index (κ2) is 7.60. The van der Waals surface area contributed by atoms with Gasteiger partial charge in [-0.25, -0.2) is 4.79 Å². The Morgan fingerprint density at radius 2 is 1.91 bits per heavy atom. The van der Waals surface area contributed by atoms with Crippen molar-refractivity contribution in [1.29, 1.82) is 0 Å². The molecule has 0 aliphatic rings. The number of rotatable bonds is 4. The third-order valence-electron chi connectivity index (χ3n) is 2.91. The number of amides is 1. The first-order valence-electron chi connectivity index (χ1n) is 6.45. The molecule has 2 aromatic rings. The Morgan fingerprint density at radius 3 is 2.59 bits per heavy atom. The number of carbonyl (C=O) groups excluding carboxylic acids is 2. The molecule has 22 heavy (non-hydrogen) atoms. The molecule has 1 amide bonds. The maximum atomic E-state index is 11.9. The summed E-state index contributed by atoms with van der Waals surface area (Å²) in [6.45, 7) is 1.47. The largest absolute Gasteiger partial charge is 0.452 e. The van der Waals surface area contributed by atoms with Gasteiger partial charge in [-0.05, 0) is 53.3 Å². The number of aryl methyl sites for hydroxylation is 1. The summed E-state index contributed by atoms with van der Waals surface area (Å²) in [6, 6.07) is 12.3. The van der Waals surface area contributed by atoms with E-state index in [9.17, 15) is 9.59 Å². The van der Waals surface area contributed by atoms with Gasteiger partial charge in [0, 0.05) is 3.57 Å². The molecule has 114 valence electrons. The van der Waals surface area contributed by atoms with E-state index in [1.54, 1.807) is 30.3 Å². The predicted molar refractivity (Wildman–Crippen MR) is 94.3 cm³/mol. The van der Waals surface area contributed by atoms with E-state index in [2.05, 4.69) is 5.32 Å². The topological polar surface area (TPSA) is 55.4 Å². The van der Waals surface area contributed by atoms with Gasteiger partial charge in [0.2, 0.25) is 0 Å². The van der Waals surface area contributed by atoms with E-state index >= 15 is 0 Å². The van der Waals surface area contributed by atoms with E-state index in [1.165, 1.54) is 0 Å². The monoisotopic (exact) mass is 429 g/mol. The van der Waals surface area contributed by atoms with Crippen LogP contribution in [0.4, 0.5) is 5.69 Å². The van der Waals surface area contributed by atoms with Crippen LogP contribution in [0.1, 0.15) is 15.9 Å². The Hall–Kier alpha value is -1.60.